The van der Waals surface area contributed by atoms with Crippen LogP contribution in [-0.2, 0) is 0 Å². The Labute approximate surface area is 297 Å². The van der Waals surface area contributed by atoms with Gasteiger partial charge in [0, 0.05) is 49.8 Å². The van der Waals surface area contributed by atoms with Crippen LogP contribution in [0.3, 0.4) is 0 Å². The van der Waals surface area contributed by atoms with Crippen LogP contribution in [0, 0.1) is 0 Å². The molecule has 9 aromatic rings. The first-order valence-electron chi connectivity index (χ1n) is 17.7. The molecule has 0 N–H and O–H groups in total. The van der Waals surface area contributed by atoms with Gasteiger partial charge in [-0.3, -0.25) is 0 Å². The first-order valence-corrected chi connectivity index (χ1v) is 17.7. The minimum absolute atomic E-state index is 0.252. The molecule has 1 aliphatic carbocycles. The number of hydrogen-bond acceptors (Lipinski definition) is 1. The van der Waals surface area contributed by atoms with Gasteiger partial charge in [-0.1, -0.05) is 115 Å². The van der Waals surface area contributed by atoms with E-state index >= 15 is 0 Å². The number of anilines is 3. The molecule has 2 aromatic heterocycles. The molecule has 0 fully saturated rings. The molecule has 0 aliphatic heterocycles. The Bertz CT molecular complexity index is 2710. The number of aromatic nitrogens is 2. The molecule has 1 unspecified atom stereocenters. The van der Waals surface area contributed by atoms with E-state index in [2.05, 4.69) is 208 Å². The summed E-state index contributed by atoms with van der Waals surface area (Å²) < 4.78 is 4.98. The zero-order valence-electron chi connectivity index (χ0n) is 28.1. The SMILES string of the molecule is C1=CCC(n2c3ccc(-c4ccc(N(c5ccccc5)c5ccccc5)cc4)cc3c3cc4c(cc32)c2ccccc2n4-c2ccccc2)C=C1. The number of para-hydroxylation sites is 4. The van der Waals surface area contributed by atoms with Gasteiger partial charge in [0.25, 0.3) is 0 Å². The van der Waals surface area contributed by atoms with Crippen molar-refractivity contribution in [2.24, 2.45) is 0 Å². The van der Waals surface area contributed by atoms with E-state index in [1.165, 1.54) is 60.4 Å². The second-order valence-corrected chi connectivity index (χ2v) is 13.3. The smallest absolute Gasteiger partial charge is 0.0560 e. The fraction of sp³-hybridized carbons (Fsp3) is 0.0417. The lowest BCUT2D eigenvalue weighted by Gasteiger charge is -2.25. The third kappa shape index (κ3) is 4.89. The first kappa shape index (κ1) is 29.3. The molecular weight excluding hydrogens is 619 g/mol. The van der Waals surface area contributed by atoms with Crippen molar-refractivity contribution in [3.05, 3.63) is 194 Å². The number of fused-ring (bicyclic) bond motifs is 6. The Balaban J connectivity index is 1.16. The summed E-state index contributed by atoms with van der Waals surface area (Å²) in [5.41, 5.74) is 12.0. The molecule has 51 heavy (non-hydrogen) atoms. The molecule has 7 aromatic carbocycles. The lowest BCUT2D eigenvalue weighted by molar-refractivity contribution is 0.648. The normalized spacial score (nSPS) is 14.2. The zero-order valence-corrected chi connectivity index (χ0v) is 28.1. The highest BCUT2D eigenvalue weighted by Gasteiger charge is 2.21. The fourth-order valence-corrected chi connectivity index (χ4v) is 8.07. The molecule has 3 heteroatoms. The largest absolute Gasteiger partial charge is 0.333 e. The van der Waals surface area contributed by atoms with Crippen molar-refractivity contribution in [1.82, 2.24) is 9.13 Å². The van der Waals surface area contributed by atoms with Crippen LogP contribution in [0.4, 0.5) is 17.1 Å². The van der Waals surface area contributed by atoms with Gasteiger partial charge in [-0.15, -0.1) is 0 Å². The Morgan fingerprint density at radius 3 is 1.73 bits per heavy atom. The summed E-state index contributed by atoms with van der Waals surface area (Å²) in [6.07, 6.45) is 9.95. The highest BCUT2D eigenvalue weighted by Crippen LogP contribution is 2.42. The van der Waals surface area contributed by atoms with Gasteiger partial charge in [-0.25, -0.2) is 0 Å². The molecule has 0 saturated heterocycles. The van der Waals surface area contributed by atoms with Crippen molar-refractivity contribution < 1.29 is 0 Å². The van der Waals surface area contributed by atoms with Gasteiger partial charge < -0.3 is 14.0 Å². The molecule has 1 aliphatic rings. The highest BCUT2D eigenvalue weighted by molar-refractivity contribution is 6.19. The van der Waals surface area contributed by atoms with Gasteiger partial charge in [0.2, 0.25) is 0 Å². The van der Waals surface area contributed by atoms with Crippen LogP contribution in [0.15, 0.2) is 194 Å². The number of nitrogens with zero attached hydrogens (tertiary/aromatic N) is 3. The van der Waals surface area contributed by atoms with E-state index < -0.39 is 0 Å². The third-order valence-electron chi connectivity index (χ3n) is 10.4. The van der Waals surface area contributed by atoms with Crippen molar-refractivity contribution in [2.45, 2.75) is 12.5 Å². The Morgan fingerprint density at radius 1 is 0.431 bits per heavy atom. The summed E-state index contributed by atoms with van der Waals surface area (Å²) in [6, 6.07) is 61.9. The van der Waals surface area contributed by atoms with Crippen LogP contribution in [0.1, 0.15) is 12.5 Å². The Hall–Kier alpha value is -6.58. The van der Waals surface area contributed by atoms with Gasteiger partial charge in [-0.05, 0) is 96.4 Å². The summed E-state index contributed by atoms with van der Waals surface area (Å²) in [4.78, 5) is 2.31. The summed E-state index contributed by atoms with van der Waals surface area (Å²) in [5.74, 6) is 0. The summed E-state index contributed by atoms with van der Waals surface area (Å²) in [7, 11) is 0. The first-order chi connectivity index (χ1) is 25.3. The van der Waals surface area contributed by atoms with E-state index in [1.807, 2.05) is 0 Å². The summed E-state index contributed by atoms with van der Waals surface area (Å²) in [6.45, 7) is 0. The van der Waals surface area contributed by atoms with E-state index in [4.69, 9.17) is 0 Å². The van der Waals surface area contributed by atoms with Crippen LogP contribution < -0.4 is 4.90 Å². The molecule has 0 bridgehead atoms. The average molecular weight is 654 g/mol. The lowest BCUT2D eigenvalue weighted by Crippen LogP contribution is -2.09. The Kier molecular flexibility index (Phi) is 6.95. The van der Waals surface area contributed by atoms with Crippen molar-refractivity contribution in [3.8, 4) is 16.8 Å². The quantitative estimate of drug-likeness (QED) is 0.174. The van der Waals surface area contributed by atoms with E-state index in [1.54, 1.807) is 0 Å². The average Bonchev–Trinajstić information content (AvgIpc) is 3.70. The second kappa shape index (κ2) is 12.1. The van der Waals surface area contributed by atoms with Crippen LogP contribution in [0.5, 0.6) is 0 Å². The minimum atomic E-state index is 0.252. The second-order valence-electron chi connectivity index (χ2n) is 13.3. The maximum absolute atomic E-state index is 2.56. The molecular formula is C48H35N3. The summed E-state index contributed by atoms with van der Waals surface area (Å²) >= 11 is 0. The number of hydrogen-bond donors (Lipinski definition) is 0. The molecule has 10 rings (SSSR count). The van der Waals surface area contributed by atoms with Crippen LogP contribution >= 0.6 is 0 Å². The van der Waals surface area contributed by atoms with Crippen molar-refractivity contribution in [2.75, 3.05) is 4.90 Å². The lowest BCUT2D eigenvalue weighted by atomic mass is 10.0. The molecule has 0 radical (unpaired) electrons. The zero-order chi connectivity index (χ0) is 33.7. The van der Waals surface area contributed by atoms with Gasteiger partial charge in [0.05, 0.1) is 22.6 Å². The molecule has 2 heterocycles. The molecule has 3 nitrogen and oxygen atoms in total. The van der Waals surface area contributed by atoms with Gasteiger partial charge in [-0.2, -0.15) is 0 Å². The fourth-order valence-electron chi connectivity index (χ4n) is 8.07. The van der Waals surface area contributed by atoms with Crippen molar-refractivity contribution >= 4 is 60.7 Å². The molecule has 1 atom stereocenters. The van der Waals surface area contributed by atoms with Gasteiger partial charge >= 0.3 is 0 Å². The number of benzene rings is 7. The van der Waals surface area contributed by atoms with E-state index in [0.29, 0.717) is 0 Å². The van der Waals surface area contributed by atoms with Crippen LogP contribution in [0.2, 0.25) is 0 Å². The van der Waals surface area contributed by atoms with Crippen molar-refractivity contribution in [3.63, 3.8) is 0 Å². The molecule has 242 valence electrons. The van der Waals surface area contributed by atoms with E-state index in [0.717, 1.165) is 23.5 Å². The van der Waals surface area contributed by atoms with Gasteiger partial charge in [0.1, 0.15) is 0 Å². The number of allylic oxidation sites excluding steroid dienone is 4. The van der Waals surface area contributed by atoms with Crippen molar-refractivity contribution in [1.29, 1.82) is 0 Å². The topological polar surface area (TPSA) is 13.1 Å². The molecule has 0 amide bonds. The maximum Gasteiger partial charge on any atom is 0.0560 e. The summed E-state index contributed by atoms with van der Waals surface area (Å²) in [5, 5.41) is 5.10. The predicted molar refractivity (Wildman–Crippen MR) is 216 cm³/mol. The van der Waals surface area contributed by atoms with Crippen LogP contribution in [0.25, 0.3) is 60.4 Å². The predicted octanol–water partition coefficient (Wildman–Crippen LogP) is 13.1. The monoisotopic (exact) mass is 653 g/mol. The molecule has 0 saturated carbocycles. The third-order valence-corrected chi connectivity index (χ3v) is 10.4. The van der Waals surface area contributed by atoms with Gasteiger partial charge in [0.15, 0.2) is 0 Å². The highest BCUT2D eigenvalue weighted by atomic mass is 15.1. The Morgan fingerprint density at radius 2 is 1.02 bits per heavy atom. The number of rotatable bonds is 6. The van der Waals surface area contributed by atoms with E-state index in [-0.39, 0.29) is 6.04 Å². The standard InChI is InChI=1S/C48H35N3/c1-5-15-36(16-6-1)49(37-17-7-2-8-18-37)40-28-25-34(26-29-40)35-27-30-46-42(31-35)44-33-47-43(32-48(44)51(46)39-21-11-4-12-22-39)41-23-13-14-24-45(41)50(47)38-19-9-3-10-20-38/h1-21,23-33,39H,22H2. The minimum Gasteiger partial charge on any atom is -0.333 e. The van der Waals surface area contributed by atoms with E-state index in [9.17, 15) is 0 Å². The molecule has 0 spiro atoms. The van der Waals surface area contributed by atoms with Crippen LogP contribution in [-0.4, -0.2) is 9.13 Å². The maximum atomic E-state index is 2.56.